The molecule has 0 aromatic heterocycles. The quantitative estimate of drug-likeness (QED) is 0.560. The van der Waals surface area contributed by atoms with Gasteiger partial charge in [-0.1, -0.05) is 5.92 Å². The zero-order chi connectivity index (χ0) is 12.5. The number of piperidine rings is 1. The molecule has 1 fully saturated rings. The van der Waals surface area contributed by atoms with Crippen LogP contribution in [0.15, 0.2) is 0 Å². The molecule has 0 aliphatic carbocycles. The number of hydrogen-bond donors (Lipinski definition) is 1. The van der Waals surface area contributed by atoms with Crippen LogP contribution >= 0.6 is 0 Å². The van der Waals surface area contributed by atoms with Crippen molar-refractivity contribution in [1.82, 2.24) is 4.90 Å². The summed E-state index contributed by atoms with van der Waals surface area (Å²) in [5.41, 5.74) is 0. The summed E-state index contributed by atoms with van der Waals surface area (Å²) in [7, 11) is 0. The van der Waals surface area contributed by atoms with Gasteiger partial charge in [-0.3, -0.25) is 0 Å². The minimum Gasteiger partial charge on any atom is -0.465 e. The summed E-state index contributed by atoms with van der Waals surface area (Å²) in [6, 6.07) is 0. The summed E-state index contributed by atoms with van der Waals surface area (Å²) >= 11 is 0. The molecule has 1 aliphatic rings. The van der Waals surface area contributed by atoms with E-state index in [0.717, 1.165) is 19.3 Å². The molecule has 0 atom stereocenters. The molecule has 17 heavy (non-hydrogen) atoms. The monoisotopic (exact) mass is 241 g/mol. The van der Waals surface area contributed by atoms with Gasteiger partial charge in [-0.05, 0) is 19.3 Å². The van der Waals surface area contributed by atoms with Crippen LogP contribution in [0.4, 0.5) is 4.79 Å². The molecule has 0 spiro atoms. The maximum atomic E-state index is 10.7. The molecule has 1 rings (SSSR count). The molecule has 0 unspecified atom stereocenters. The number of carbonyl (C=O) groups is 1. The zero-order valence-electron chi connectivity index (χ0n) is 9.93. The average molecular weight is 241 g/mol. The van der Waals surface area contributed by atoms with Gasteiger partial charge in [0.15, 0.2) is 0 Å². The van der Waals surface area contributed by atoms with Crippen molar-refractivity contribution in [3.8, 4) is 12.3 Å². The Hall–Kier alpha value is -1.25. The van der Waals surface area contributed by atoms with E-state index in [2.05, 4.69) is 5.92 Å². The van der Waals surface area contributed by atoms with Crippen LogP contribution in [0.5, 0.6) is 0 Å². The van der Waals surface area contributed by atoms with Gasteiger partial charge in [0.25, 0.3) is 0 Å². The standard InChI is InChI=1S/C12H19NO4/c1-2-8-16-9-3-10-17-11-4-6-13(7-5-11)12(14)15/h1,11H,3-10H2,(H,14,15). The Labute approximate surface area is 102 Å². The van der Waals surface area contributed by atoms with Crippen molar-refractivity contribution in [1.29, 1.82) is 0 Å². The lowest BCUT2D eigenvalue weighted by Crippen LogP contribution is -2.40. The molecule has 96 valence electrons. The largest absolute Gasteiger partial charge is 0.465 e. The highest BCUT2D eigenvalue weighted by Crippen LogP contribution is 2.13. The fraction of sp³-hybridized carbons (Fsp3) is 0.750. The molecule has 1 saturated heterocycles. The van der Waals surface area contributed by atoms with Crippen LogP contribution in [0.3, 0.4) is 0 Å². The molecule has 0 aromatic rings. The van der Waals surface area contributed by atoms with Crippen molar-refractivity contribution < 1.29 is 19.4 Å². The van der Waals surface area contributed by atoms with E-state index in [0.29, 0.717) is 32.9 Å². The van der Waals surface area contributed by atoms with Gasteiger partial charge < -0.3 is 19.5 Å². The molecule has 0 saturated carbocycles. The van der Waals surface area contributed by atoms with E-state index in [-0.39, 0.29) is 6.10 Å². The van der Waals surface area contributed by atoms with Crippen molar-refractivity contribution in [3.05, 3.63) is 0 Å². The number of hydrogen-bond acceptors (Lipinski definition) is 3. The van der Waals surface area contributed by atoms with Crippen LogP contribution in [0.2, 0.25) is 0 Å². The Bertz CT molecular complexity index is 266. The number of likely N-dealkylation sites (tertiary alicyclic amines) is 1. The Balaban J connectivity index is 1.99. The molecule has 0 aromatic carbocycles. The Morgan fingerprint density at radius 3 is 2.71 bits per heavy atom. The molecule has 0 bridgehead atoms. The van der Waals surface area contributed by atoms with Crippen LogP contribution < -0.4 is 0 Å². The topological polar surface area (TPSA) is 59.0 Å². The fourth-order valence-electron chi connectivity index (χ4n) is 1.76. The highest BCUT2D eigenvalue weighted by atomic mass is 16.5. The number of ether oxygens (including phenoxy) is 2. The van der Waals surface area contributed by atoms with Gasteiger partial charge in [-0.2, -0.15) is 0 Å². The summed E-state index contributed by atoms with van der Waals surface area (Å²) in [5, 5.41) is 8.77. The van der Waals surface area contributed by atoms with Crippen molar-refractivity contribution >= 4 is 6.09 Å². The molecular formula is C12H19NO4. The first kappa shape index (κ1) is 13.8. The van der Waals surface area contributed by atoms with Crippen LogP contribution in [0.25, 0.3) is 0 Å². The predicted molar refractivity (Wildman–Crippen MR) is 62.8 cm³/mol. The molecule has 5 nitrogen and oxygen atoms in total. The average Bonchev–Trinajstić information content (AvgIpc) is 2.34. The summed E-state index contributed by atoms with van der Waals surface area (Å²) in [5.74, 6) is 2.40. The molecule has 0 radical (unpaired) electrons. The van der Waals surface area contributed by atoms with E-state index >= 15 is 0 Å². The second-order valence-electron chi connectivity index (χ2n) is 3.95. The fourth-order valence-corrected chi connectivity index (χ4v) is 1.76. The van der Waals surface area contributed by atoms with Crippen molar-refractivity contribution in [2.75, 3.05) is 32.9 Å². The second-order valence-corrected chi connectivity index (χ2v) is 3.95. The van der Waals surface area contributed by atoms with E-state index in [1.807, 2.05) is 0 Å². The first-order valence-electron chi connectivity index (χ1n) is 5.84. The zero-order valence-corrected chi connectivity index (χ0v) is 9.93. The van der Waals surface area contributed by atoms with Crippen LogP contribution in [0.1, 0.15) is 19.3 Å². The summed E-state index contributed by atoms with van der Waals surface area (Å²) in [6.45, 7) is 2.72. The summed E-state index contributed by atoms with van der Waals surface area (Å²) < 4.78 is 10.8. The van der Waals surface area contributed by atoms with E-state index < -0.39 is 6.09 Å². The lowest BCUT2D eigenvalue weighted by Gasteiger charge is -2.29. The minimum absolute atomic E-state index is 0.179. The second kappa shape index (κ2) is 7.93. The Morgan fingerprint density at radius 2 is 2.12 bits per heavy atom. The van der Waals surface area contributed by atoms with Gasteiger partial charge in [0.2, 0.25) is 0 Å². The number of rotatable bonds is 6. The lowest BCUT2D eigenvalue weighted by atomic mass is 10.1. The normalized spacial score (nSPS) is 16.8. The molecular weight excluding hydrogens is 222 g/mol. The number of nitrogens with zero attached hydrogens (tertiary/aromatic N) is 1. The number of carboxylic acid groups (broad SMARTS) is 1. The Kier molecular flexibility index (Phi) is 6.45. The van der Waals surface area contributed by atoms with Crippen LogP contribution in [0, 0.1) is 12.3 Å². The van der Waals surface area contributed by atoms with Gasteiger partial charge in [0.05, 0.1) is 12.7 Å². The summed E-state index contributed by atoms with van der Waals surface area (Å²) in [4.78, 5) is 12.1. The first-order chi connectivity index (χ1) is 8.24. The van der Waals surface area contributed by atoms with E-state index in [4.69, 9.17) is 21.0 Å². The van der Waals surface area contributed by atoms with E-state index in [9.17, 15) is 4.79 Å². The molecule has 1 N–H and O–H groups in total. The maximum absolute atomic E-state index is 10.7. The van der Waals surface area contributed by atoms with Gasteiger partial charge in [-0.15, -0.1) is 6.42 Å². The predicted octanol–water partition coefficient (Wildman–Crippen LogP) is 1.19. The highest BCUT2D eigenvalue weighted by Gasteiger charge is 2.22. The number of terminal acetylenes is 1. The molecule has 1 amide bonds. The third-order valence-electron chi connectivity index (χ3n) is 2.68. The SMILES string of the molecule is C#CCOCCCOC1CCN(C(=O)O)CC1. The van der Waals surface area contributed by atoms with Crippen molar-refractivity contribution in [2.24, 2.45) is 0 Å². The Morgan fingerprint density at radius 1 is 1.41 bits per heavy atom. The first-order valence-corrected chi connectivity index (χ1v) is 5.84. The highest BCUT2D eigenvalue weighted by molar-refractivity contribution is 5.64. The van der Waals surface area contributed by atoms with Gasteiger partial charge in [-0.25, -0.2) is 4.79 Å². The van der Waals surface area contributed by atoms with Crippen molar-refractivity contribution in [3.63, 3.8) is 0 Å². The van der Waals surface area contributed by atoms with E-state index in [1.165, 1.54) is 4.90 Å². The van der Waals surface area contributed by atoms with Gasteiger partial charge in [0, 0.05) is 19.7 Å². The maximum Gasteiger partial charge on any atom is 0.407 e. The smallest absolute Gasteiger partial charge is 0.407 e. The third kappa shape index (κ3) is 5.57. The third-order valence-corrected chi connectivity index (χ3v) is 2.68. The molecule has 1 heterocycles. The van der Waals surface area contributed by atoms with Gasteiger partial charge in [0.1, 0.15) is 6.61 Å². The number of amides is 1. The lowest BCUT2D eigenvalue weighted by molar-refractivity contribution is 0.00148. The molecule has 5 heteroatoms. The van der Waals surface area contributed by atoms with E-state index in [1.54, 1.807) is 0 Å². The summed E-state index contributed by atoms with van der Waals surface area (Å²) in [6.07, 6.45) is 6.75. The van der Waals surface area contributed by atoms with Crippen LogP contribution in [-0.4, -0.2) is 55.1 Å². The van der Waals surface area contributed by atoms with Crippen molar-refractivity contribution in [2.45, 2.75) is 25.4 Å². The van der Waals surface area contributed by atoms with Gasteiger partial charge >= 0.3 is 6.09 Å². The minimum atomic E-state index is -0.842. The molecule has 1 aliphatic heterocycles. The van der Waals surface area contributed by atoms with Crippen LogP contribution in [-0.2, 0) is 9.47 Å².